The van der Waals surface area contributed by atoms with Crippen LogP contribution in [0.4, 0.5) is 0 Å². The molecular formula is C18H22N6O2. The molecule has 4 rings (SSSR count). The molecule has 0 radical (unpaired) electrons. The largest absolute Gasteiger partial charge is 0.497 e. The van der Waals surface area contributed by atoms with E-state index in [1.165, 1.54) is 5.56 Å². The van der Waals surface area contributed by atoms with Crippen molar-refractivity contribution in [1.29, 1.82) is 0 Å². The van der Waals surface area contributed by atoms with E-state index in [0.29, 0.717) is 13.2 Å². The number of rotatable bonds is 6. The quantitative estimate of drug-likeness (QED) is 0.720. The summed E-state index contributed by atoms with van der Waals surface area (Å²) in [6.45, 7) is 2.74. The molecule has 1 aromatic carbocycles. The number of hydrogen-bond donors (Lipinski definition) is 1. The Morgan fingerprint density at radius 3 is 2.88 bits per heavy atom. The molecule has 1 N–H and O–H groups in total. The summed E-state index contributed by atoms with van der Waals surface area (Å²) < 4.78 is 14.9. The molecule has 0 amide bonds. The van der Waals surface area contributed by atoms with Crippen LogP contribution in [0.15, 0.2) is 36.7 Å². The fraction of sp³-hybridized carbons (Fsp3) is 0.389. The van der Waals surface area contributed by atoms with Crippen molar-refractivity contribution in [3.05, 3.63) is 47.9 Å². The molecule has 0 spiro atoms. The Morgan fingerprint density at radius 1 is 1.31 bits per heavy atom. The average Bonchev–Trinajstić information content (AvgIpc) is 3.28. The monoisotopic (exact) mass is 354 g/mol. The molecule has 0 saturated heterocycles. The van der Waals surface area contributed by atoms with Crippen LogP contribution < -0.4 is 10.1 Å². The molecule has 1 aliphatic rings. The molecule has 1 aliphatic heterocycles. The lowest BCUT2D eigenvalue weighted by molar-refractivity contribution is 0.00125. The van der Waals surface area contributed by atoms with Crippen LogP contribution in [-0.2, 0) is 31.5 Å². The SMILES string of the molecule is COc1ccc(CNCC2Cn3nnc(-c4cnn(C)c4)c3CO2)cc1. The van der Waals surface area contributed by atoms with Crippen molar-refractivity contribution in [1.82, 2.24) is 30.1 Å². The Balaban J connectivity index is 1.33. The van der Waals surface area contributed by atoms with Crippen molar-refractivity contribution in [2.45, 2.75) is 25.8 Å². The lowest BCUT2D eigenvalue weighted by Gasteiger charge is -2.24. The highest BCUT2D eigenvalue weighted by Crippen LogP contribution is 2.24. The van der Waals surface area contributed by atoms with Crippen molar-refractivity contribution in [2.24, 2.45) is 7.05 Å². The van der Waals surface area contributed by atoms with Crippen LogP contribution in [0, 0.1) is 0 Å². The molecule has 2 aromatic heterocycles. The molecule has 0 fully saturated rings. The molecule has 136 valence electrons. The second kappa shape index (κ2) is 7.27. The minimum absolute atomic E-state index is 0.0733. The molecule has 0 saturated carbocycles. The van der Waals surface area contributed by atoms with Crippen LogP contribution >= 0.6 is 0 Å². The van der Waals surface area contributed by atoms with Gasteiger partial charge in [0, 0.05) is 31.9 Å². The zero-order chi connectivity index (χ0) is 17.9. The van der Waals surface area contributed by atoms with Crippen molar-refractivity contribution in [3.63, 3.8) is 0 Å². The predicted octanol–water partition coefficient (Wildman–Crippen LogP) is 1.38. The summed E-state index contributed by atoms with van der Waals surface area (Å²) >= 11 is 0. The van der Waals surface area contributed by atoms with Gasteiger partial charge in [-0.15, -0.1) is 5.10 Å². The van der Waals surface area contributed by atoms with Crippen molar-refractivity contribution < 1.29 is 9.47 Å². The highest BCUT2D eigenvalue weighted by atomic mass is 16.5. The maximum atomic E-state index is 6.00. The third-order valence-corrected chi connectivity index (χ3v) is 4.51. The molecule has 3 heterocycles. The number of hydrogen-bond acceptors (Lipinski definition) is 6. The summed E-state index contributed by atoms with van der Waals surface area (Å²) in [6.07, 6.45) is 3.81. The Bertz CT molecular complexity index is 870. The van der Waals surface area contributed by atoms with Gasteiger partial charge in [0.1, 0.15) is 11.4 Å². The van der Waals surface area contributed by atoms with Crippen LogP contribution in [0.25, 0.3) is 11.3 Å². The summed E-state index contributed by atoms with van der Waals surface area (Å²) in [4.78, 5) is 0. The van der Waals surface area contributed by atoms with E-state index in [4.69, 9.17) is 9.47 Å². The summed E-state index contributed by atoms with van der Waals surface area (Å²) in [5.74, 6) is 0.868. The van der Waals surface area contributed by atoms with Gasteiger partial charge in [-0.3, -0.25) is 4.68 Å². The average molecular weight is 354 g/mol. The van der Waals surface area contributed by atoms with Gasteiger partial charge < -0.3 is 14.8 Å². The number of aryl methyl sites for hydroxylation is 1. The van der Waals surface area contributed by atoms with E-state index in [-0.39, 0.29) is 6.10 Å². The van der Waals surface area contributed by atoms with Crippen LogP contribution in [-0.4, -0.2) is 44.5 Å². The van der Waals surface area contributed by atoms with E-state index in [2.05, 4.69) is 32.9 Å². The summed E-state index contributed by atoms with van der Waals surface area (Å²) in [6, 6.07) is 8.05. The minimum Gasteiger partial charge on any atom is -0.497 e. The predicted molar refractivity (Wildman–Crippen MR) is 95.5 cm³/mol. The fourth-order valence-corrected chi connectivity index (χ4v) is 3.08. The van der Waals surface area contributed by atoms with Gasteiger partial charge in [0.05, 0.1) is 38.3 Å². The molecule has 8 nitrogen and oxygen atoms in total. The number of fused-ring (bicyclic) bond motifs is 1. The van der Waals surface area contributed by atoms with Gasteiger partial charge in [0.2, 0.25) is 0 Å². The smallest absolute Gasteiger partial charge is 0.121 e. The van der Waals surface area contributed by atoms with Crippen molar-refractivity contribution in [2.75, 3.05) is 13.7 Å². The minimum atomic E-state index is 0.0733. The van der Waals surface area contributed by atoms with Crippen LogP contribution in [0.1, 0.15) is 11.3 Å². The van der Waals surface area contributed by atoms with Crippen molar-refractivity contribution in [3.8, 4) is 17.0 Å². The fourth-order valence-electron chi connectivity index (χ4n) is 3.08. The second-order valence-corrected chi connectivity index (χ2v) is 6.38. The number of ether oxygens (including phenoxy) is 2. The maximum absolute atomic E-state index is 6.00. The molecule has 3 aromatic rings. The number of nitrogens with one attached hydrogen (secondary N) is 1. The first-order chi connectivity index (χ1) is 12.7. The molecule has 1 atom stereocenters. The lowest BCUT2D eigenvalue weighted by Crippen LogP contribution is -2.36. The summed E-state index contributed by atoms with van der Waals surface area (Å²) in [5.41, 5.74) is 4.03. The normalized spacial score (nSPS) is 16.5. The third-order valence-electron chi connectivity index (χ3n) is 4.51. The summed E-state index contributed by atoms with van der Waals surface area (Å²) in [5, 5.41) is 16.2. The van der Waals surface area contributed by atoms with Gasteiger partial charge in [-0.2, -0.15) is 5.10 Å². The van der Waals surface area contributed by atoms with E-state index >= 15 is 0 Å². The lowest BCUT2D eigenvalue weighted by atomic mass is 10.2. The Labute approximate surface area is 151 Å². The second-order valence-electron chi connectivity index (χ2n) is 6.38. The molecular weight excluding hydrogens is 332 g/mol. The molecule has 0 bridgehead atoms. The molecule has 0 aliphatic carbocycles. The Hall–Kier alpha value is -2.71. The number of nitrogens with zero attached hydrogens (tertiary/aromatic N) is 5. The van der Waals surface area contributed by atoms with Gasteiger partial charge >= 0.3 is 0 Å². The van der Waals surface area contributed by atoms with Gasteiger partial charge in [-0.1, -0.05) is 17.3 Å². The van der Waals surface area contributed by atoms with E-state index in [0.717, 1.165) is 35.8 Å². The Morgan fingerprint density at radius 2 is 2.15 bits per heavy atom. The van der Waals surface area contributed by atoms with E-state index in [1.807, 2.05) is 30.1 Å². The first-order valence-electron chi connectivity index (χ1n) is 8.59. The number of benzene rings is 1. The van der Waals surface area contributed by atoms with E-state index < -0.39 is 0 Å². The number of aromatic nitrogens is 5. The molecule has 26 heavy (non-hydrogen) atoms. The van der Waals surface area contributed by atoms with Gasteiger partial charge in [0.25, 0.3) is 0 Å². The van der Waals surface area contributed by atoms with E-state index in [1.54, 1.807) is 18.0 Å². The summed E-state index contributed by atoms with van der Waals surface area (Å²) in [7, 11) is 3.56. The highest BCUT2D eigenvalue weighted by molar-refractivity contribution is 5.59. The van der Waals surface area contributed by atoms with Crippen LogP contribution in [0.2, 0.25) is 0 Å². The number of methoxy groups -OCH3 is 1. The molecule has 8 heteroatoms. The van der Waals surface area contributed by atoms with Crippen LogP contribution in [0.5, 0.6) is 5.75 Å². The zero-order valence-corrected chi connectivity index (χ0v) is 14.9. The van der Waals surface area contributed by atoms with Crippen LogP contribution in [0.3, 0.4) is 0 Å². The van der Waals surface area contributed by atoms with E-state index in [9.17, 15) is 0 Å². The third kappa shape index (κ3) is 3.47. The first kappa shape index (κ1) is 16.7. The standard InChI is InChI=1S/C18H22N6O2/c1-23-10-14(8-20-23)18-17-12-26-16(11-24(17)22-21-18)9-19-7-13-3-5-15(25-2)6-4-13/h3-6,8,10,16,19H,7,9,11-12H2,1-2H3. The molecule has 1 unspecified atom stereocenters. The topological polar surface area (TPSA) is 79.0 Å². The highest BCUT2D eigenvalue weighted by Gasteiger charge is 2.24. The first-order valence-corrected chi connectivity index (χ1v) is 8.59. The Kier molecular flexibility index (Phi) is 4.68. The maximum Gasteiger partial charge on any atom is 0.121 e. The van der Waals surface area contributed by atoms with Gasteiger partial charge in [0.15, 0.2) is 0 Å². The van der Waals surface area contributed by atoms with Gasteiger partial charge in [-0.25, -0.2) is 4.68 Å². The van der Waals surface area contributed by atoms with Crippen molar-refractivity contribution >= 4 is 0 Å². The van der Waals surface area contributed by atoms with Gasteiger partial charge in [-0.05, 0) is 17.7 Å². The zero-order valence-electron chi connectivity index (χ0n) is 14.9.